The van der Waals surface area contributed by atoms with Crippen molar-refractivity contribution in [2.75, 3.05) is 6.61 Å². The van der Waals surface area contributed by atoms with Gasteiger partial charge in [-0.15, -0.1) is 0 Å². The Morgan fingerprint density at radius 3 is 1.80 bits per heavy atom. The minimum absolute atomic E-state index is 0.389. The Kier molecular flexibility index (Phi) is 11.6. The maximum Gasteiger partial charge on any atom is 0.326 e. The summed E-state index contributed by atoms with van der Waals surface area (Å²) in [6, 6.07) is -5.19. The van der Waals surface area contributed by atoms with Gasteiger partial charge in [-0.1, -0.05) is 34.1 Å². The van der Waals surface area contributed by atoms with Crippen LogP contribution in [-0.2, 0) is 24.0 Å². The van der Waals surface area contributed by atoms with Crippen LogP contribution in [0.25, 0.3) is 0 Å². The van der Waals surface area contributed by atoms with Gasteiger partial charge in [-0.05, 0) is 11.8 Å². The highest BCUT2D eigenvalue weighted by Gasteiger charge is 2.32. The minimum Gasteiger partial charge on any atom is -0.481 e. The second-order valence-electron chi connectivity index (χ2n) is 7.39. The number of hydrogen-bond donors (Lipinski definition) is 7. The lowest BCUT2D eigenvalue weighted by molar-refractivity contribution is -0.144. The van der Waals surface area contributed by atoms with Crippen molar-refractivity contribution in [1.29, 1.82) is 0 Å². The van der Waals surface area contributed by atoms with Gasteiger partial charge >= 0.3 is 11.9 Å². The SMILES string of the molecule is CCC(C)C(NC(=O)C(CO)NC(=O)C(NC(=O)C(N)CC(=O)O)C(C)C)C(=O)O. The van der Waals surface area contributed by atoms with Crippen LogP contribution in [-0.4, -0.2) is 75.8 Å². The molecular weight excluding hydrogens is 400 g/mol. The molecular formula is C18H32N4O8. The summed E-state index contributed by atoms with van der Waals surface area (Å²) in [6.07, 6.45) is -0.155. The standard InChI is InChI=1S/C18H32N4O8/c1-5-9(4)14(18(29)30)22-16(27)11(7-23)20-17(28)13(8(2)3)21-15(26)10(19)6-12(24)25/h8-11,13-14,23H,5-7,19H2,1-4H3,(H,20,28)(H,21,26)(H,22,27)(H,24,25)(H,29,30). The van der Waals surface area contributed by atoms with E-state index in [-0.39, 0.29) is 5.92 Å². The van der Waals surface area contributed by atoms with Gasteiger partial charge in [-0.2, -0.15) is 0 Å². The third-order valence-electron chi connectivity index (χ3n) is 4.57. The molecule has 5 atom stereocenters. The Bertz CT molecular complexity index is 640. The van der Waals surface area contributed by atoms with E-state index in [0.717, 1.165) is 0 Å². The molecule has 0 aliphatic heterocycles. The first-order valence-corrected chi connectivity index (χ1v) is 9.57. The lowest BCUT2D eigenvalue weighted by atomic mass is 9.99. The van der Waals surface area contributed by atoms with E-state index < -0.39 is 72.8 Å². The summed E-state index contributed by atoms with van der Waals surface area (Å²) in [7, 11) is 0. The summed E-state index contributed by atoms with van der Waals surface area (Å²) in [5, 5.41) is 34.4. The van der Waals surface area contributed by atoms with E-state index in [2.05, 4.69) is 16.0 Å². The summed E-state index contributed by atoms with van der Waals surface area (Å²) in [5.41, 5.74) is 5.48. The van der Waals surface area contributed by atoms with Gasteiger partial charge in [0.25, 0.3) is 0 Å². The average Bonchev–Trinajstić information content (AvgIpc) is 2.65. The van der Waals surface area contributed by atoms with Crippen molar-refractivity contribution in [1.82, 2.24) is 16.0 Å². The van der Waals surface area contributed by atoms with Gasteiger partial charge < -0.3 is 37.0 Å². The summed E-state index contributed by atoms with van der Waals surface area (Å²) in [6.45, 7) is 5.79. The van der Waals surface area contributed by atoms with Crippen LogP contribution >= 0.6 is 0 Å². The zero-order valence-electron chi connectivity index (χ0n) is 17.5. The highest BCUT2D eigenvalue weighted by atomic mass is 16.4. The number of aliphatic hydroxyl groups excluding tert-OH is 1. The van der Waals surface area contributed by atoms with Crippen molar-refractivity contribution in [3.8, 4) is 0 Å². The van der Waals surface area contributed by atoms with Crippen molar-refractivity contribution in [2.45, 2.75) is 64.7 Å². The fourth-order valence-corrected chi connectivity index (χ4v) is 2.47. The molecule has 30 heavy (non-hydrogen) atoms. The molecule has 0 fully saturated rings. The summed E-state index contributed by atoms with van der Waals surface area (Å²) >= 11 is 0. The zero-order chi connectivity index (χ0) is 23.6. The van der Waals surface area contributed by atoms with Crippen molar-refractivity contribution in [3.63, 3.8) is 0 Å². The van der Waals surface area contributed by atoms with Crippen LogP contribution in [0.3, 0.4) is 0 Å². The van der Waals surface area contributed by atoms with Crippen molar-refractivity contribution in [2.24, 2.45) is 17.6 Å². The number of amides is 3. The molecule has 0 bridgehead atoms. The summed E-state index contributed by atoms with van der Waals surface area (Å²) in [4.78, 5) is 59.0. The second kappa shape index (κ2) is 12.8. The summed E-state index contributed by atoms with van der Waals surface area (Å²) < 4.78 is 0. The largest absolute Gasteiger partial charge is 0.481 e. The Hall–Kier alpha value is -2.73. The molecule has 0 aliphatic carbocycles. The molecule has 0 saturated carbocycles. The zero-order valence-corrected chi connectivity index (χ0v) is 17.5. The topological polar surface area (TPSA) is 208 Å². The number of carboxylic acid groups (broad SMARTS) is 2. The van der Waals surface area contributed by atoms with Gasteiger partial charge in [0.05, 0.1) is 19.1 Å². The van der Waals surface area contributed by atoms with Crippen LogP contribution in [0, 0.1) is 11.8 Å². The molecule has 12 heteroatoms. The first-order valence-electron chi connectivity index (χ1n) is 9.57. The van der Waals surface area contributed by atoms with Crippen LogP contribution in [0.1, 0.15) is 40.5 Å². The predicted octanol–water partition coefficient (Wildman–Crippen LogP) is -1.98. The van der Waals surface area contributed by atoms with Gasteiger partial charge in [-0.25, -0.2) is 4.79 Å². The molecule has 3 amide bonds. The van der Waals surface area contributed by atoms with E-state index >= 15 is 0 Å². The lowest BCUT2D eigenvalue weighted by Gasteiger charge is -2.27. The number of nitrogens with one attached hydrogen (secondary N) is 3. The van der Waals surface area contributed by atoms with Crippen LogP contribution in [0.2, 0.25) is 0 Å². The van der Waals surface area contributed by atoms with E-state index in [1.54, 1.807) is 27.7 Å². The van der Waals surface area contributed by atoms with Gasteiger partial charge in [0.15, 0.2) is 0 Å². The van der Waals surface area contributed by atoms with Crippen LogP contribution < -0.4 is 21.7 Å². The van der Waals surface area contributed by atoms with Gasteiger partial charge in [0.1, 0.15) is 18.1 Å². The highest BCUT2D eigenvalue weighted by Crippen LogP contribution is 2.09. The number of aliphatic hydroxyl groups is 1. The minimum atomic E-state index is -1.45. The molecule has 172 valence electrons. The number of aliphatic carboxylic acids is 2. The molecule has 0 aromatic heterocycles. The molecule has 0 aliphatic rings. The molecule has 0 rings (SSSR count). The smallest absolute Gasteiger partial charge is 0.326 e. The molecule has 0 spiro atoms. The third kappa shape index (κ3) is 8.74. The van der Waals surface area contributed by atoms with E-state index in [1.807, 2.05) is 0 Å². The predicted molar refractivity (Wildman–Crippen MR) is 105 cm³/mol. The fraction of sp³-hybridized carbons (Fsp3) is 0.722. The number of carbonyl (C=O) groups is 5. The average molecular weight is 432 g/mol. The van der Waals surface area contributed by atoms with E-state index in [1.165, 1.54) is 0 Å². The molecule has 0 heterocycles. The maximum atomic E-state index is 12.6. The van der Waals surface area contributed by atoms with E-state index in [4.69, 9.17) is 10.8 Å². The summed E-state index contributed by atoms with van der Waals surface area (Å²) in [5.74, 6) is -5.95. The number of rotatable bonds is 13. The van der Waals surface area contributed by atoms with Gasteiger partial charge in [0, 0.05) is 0 Å². The van der Waals surface area contributed by atoms with Crippen molar-refractivity contribution in [3.05, 3.63) is 0 Å². The normalized spacial score (nSPS) is 16.0. The fourth-order valence-electron chi connectivity index (χ4n) is 2.47. The number of carboxylic acids is 2. The molecule has 8 N–H and O–H groups in total. The van der Waals surface area contributed by atoms with Crippen LogP contribution in [0.15, 0.2) is 0 Å². The molecule has 5 unspecified atom stereocenters. The highest BCUT2D eigenvalue weighted by molar-refractivity contribution is 5.94. The maximum absolute atomic E-state index is 12.6. The third-order valence-corrected chi connectivity index (χ3v) is 4.57. The Balaban J connectivity index is 5.22. The van der Waals surface area contributed by atoms with E-state index in [9.17, 15) is 34.2 Å². The molecule has 12 nitrogen and oxygen atoms in total. The van der Waals surface area contributed by atoms with Gasteiger partial charge in [0.2, 0.25) is 17.7 Å². The first-order chi connectivity index (χ1) is 13.8. The first kappa shape index (κ1) is 27.3. The van der Waals surface area contributed by atoms with Gasteiger partial charge in [-0.3, -0.25) is 19.2 Å². The number of carbonyl (C=O) groups excluding carboxylic acids is 3. The molecule has 0 aromatic rings. The van der Waals surface area contributed by atoms with Crippen molar-refractivity contribution >= 4 is 29.7 Å². The Morgan fingerprint density at radius 1 is 0.867 bits per heavy atom. The second-order valence-corrected chi connectivity index (χ2v) is 7.39. The van der Waals surface area contributed by atoms with E-state index in [0.29, 0.717) is 6.42 Å². The lowest BCUT2D eigenvalue weighted by Crippen LogP contribution is -2.59. The molecule has 0 saturated heterocycles. The molecule has 0 radical (unpaired) electrons. The van der Waals surface area contributed by atoms with Crippen molar-refractivity contribution < 1.29 is 39.3 Å². The number of hydrogen-bond acceptors (Lipinski definition) is 7. The monoisotopic (exact) mass is 432 g/mol. The van der Waals surface area contributed by atoms with Crippen LogP contribution in [0.5, 0.6) is 0 Å². The quantitative estimate of drug-likeness (QED) is 0.172. The Morgan fingerprint density at radius 2 is 1.40 bits per heavy atom. The number of nitrogens with two attached hydrogens (primary N) is 1. The molecule has 0 aromatic carbocycles. The Labute approximate surface area is 174 Å². The van der Waals surface area contributed by atoms with Crippen LogP contribution in [0.4, 0.5) is 0 Å².